The Morgan fingerprint density at radius 3 is 3.00 bits per heavy atom. The van der Waals surface area contributed by atoms with E-state index < -0.39 is 0 Å². The Labute approximate surface area is 128 Å². The van der Waals surface area contributed by atoms with Gasteiger partial charge in [-0.25, -0.2) is 0 Å². The number of aromatic amines is 1. The van der Waals surface area contributed by atoms with Crippen LogP contribution in [0, 0.1) is 0 Å². The predicted octanol–water partition coefficient (Wildman–Crippen LogP) is 1.20. The van der Waals surface area contributed by atoms with E-state index in [-0.39, 0.29) is 17.6 Å². The Balaban J connectivity index is 1.46. The van der Waals surface area contributed by atoms with Gasteiger partial charge in [-0.15, -0.1) is 0 Å². The number of carbonyl (C=O) groups is 1. The molecule has 2 saturated heterocycles. The third-order valence-corrected chi connectivity index (χ3v) is 4.74. The van der Waals surface area contributed by atoms with Gasteiger partial charge in [-0.3, -0.25) is 9.89 Å². The summed E-state index contributed by atoms with van der Waals surface area (Å²) < 4.78 is 6.02. The van der Waals surface area contributed by atoms with Gasteiger partial charge in [0.25, 0.3) is 5.91 Å². The first-order valence-electron chi connectivity index (χ1n) is 7.84. The number of piperidine rings is 1. The van der Waals surface area contributed by atoms with Gasteiger partial charge in [0.05, 0.1) is 23.8 Å². The maximum atomic E-state index is 12.5. The van der Waals surface area contributed by atoms with E-state index >= 15 is 0 Å². The van der Waals surface area contributed by atoms with E-state index in [1.165, 1.54) is 0 Å². The number of ether oxygens (including phenoxy) is 1. The van der Waals surface area contributed by atoms with Crippen LogP contribution in [0.1, 0.15) is 29.8 Å². The van der Waals surface area contributed by atoms with Gasteiger partial charge in [0.1, 0.15) is 0 Å². The van der Waals surface area contributed by atoms with Gasteiger partial charge >= 0.3 is 0 Å². The van der Waals surface area contributed by atoms with E-state index in [0.717, 1.165) is 43.3 Å². The first-order valence-corrected chi connectivity index (χ1v) is 7.84. The standard InChI is InChI=1S/C16H20N4O2/c21-15(14-12-3-1-2-4-13(12)19-20-14)18-11-9-16(22-10-11)5-7-17-8-6-16/h1-4,11,17H,5-10H2,(H,18,21)(H,19,20)/t11-/m0/s1. The number of benzene rings is 1. The maximum Gasteiger partial charge on any atom is 0.272 e. The van der Waals surface area contributed by atoms with Crippen LogP contribution in [0.5, 0.6) is 0 Å². The van der Waals surface area contributed by atoms with Crippen molar-refractivity contribution in [1.29, 1.82) is 0 Å². The number of para-hydroxylation sites is 1. The highest BCUT2D eigenvalue weighted by molar-refractivity contribution is 6.04. The zero-order chi connectivity index (χ0) is 15.0. The van der Waals surface area contributed by atoms with Gasteiger partial charge < -0.3 is 15.4 Å². The molecule has 2 aliphatic rings. The van der Waals surface area contributed by atoms with Crippen LogP contribution in [0.25, 0.3) is 10.9 Å². The first kappa shape index (κ1) is 13.7. The molecule has 0 radical (unpaired) electrons. The molecule has 1 aromatic heterocycles. The van der Waals surface area contributed by atoms with Crippen LogP contribution >= 0.6 is 0 Å². The molecule has 0 saturated carbocycles. The lowest BCUT2D eigenvalue weighted by Crippen LogP contribution is -2.43. The zero-order valence-corrected chi connectivity index (χ0v) is 12.4. The average molecular weight is 300 g/mol. The smallest absolute Gasteiger partial charge is 0.272 e. The Bertz CT molecular complexity index is 690. The summed E-state index contributed by atoms with van der Waals surface area (Å²) in [5.74, 6) is -0.128. The molecule has 1 aromatic carbocycles. The molecule has 0 aliphatic carbocycles. The molecule has 3 N–H and O–H groups in total. The summed E-state index contributed by atoms with van der Waals surface area (Å²) in [4.78, 5) is 12.5. The number of nitrogens with one attached hydrogen (secondary N) is 3. The molecule has 1 amide bonds. The largest absolute Gasteiger partial charge is 0.373 e. The second-order valence-electron chi connectivity index (χ2n) is 6.24. The van der Waals surface area contributed by atoms with Crippen molar-refractivity contribution >= 4 is 16.8 Å². The summed E-state index contributed by atoms with van der Waals surface area (Å²) in [6, 6.07) is 7.74. The number of carbonyl (C=O) groups excluding carboxylic acids is 1. The fraction of sp³-hybridized carbons (Fsp3) is 0.500. The minimum Gasteiger partial charge on any atom is -0.373 e. The lowest BCUT2D eigenvalue weighted by molar-refractivity contribution is -0.0194. The molecule has 0 bridgehead atoms. The molecule has 1 atom stereocenters. The van der Waals surface area contributed by atoms with Crippen molar-refractivity contribution in [3.8, 4) is 0 Å². The number of hydrogen-bond donors (Lipinski definition) is 3. The molecular weight excluding hydrogens is 280 g/mol. The van der Waals surface area contributed by atoms with E-state index in [9.17, 15) is 4.79 Å². The quantitative estimate of drug-likeness (QED) is 0.779. The molecule has 116 valence electrons. The molecule has 2 aliphatic heterocycles. The third kappa shape index (κ3) is 2.38. The number of hydrogen-bond acceptors (Lipinski definition) is 4. The maximum absolute atomic E-state index is 12.5. The molecule has 2 fully saturated rings. The highest BCUT2D eigenvalue weighted by atomic mass is 16.5. The SMILES string of the molecule is O=C(N[C@@H]1COC2(CCNCC2)C1)c1n[nH]c2ccccc12. The van der Waals surface area contributed by atoms with Gasteiger partial charge in [0, 0.05) is 5.39 Å². The van der Waals surface area contributed by atoms with Crippen molar-refractivity contribution in [3.05, 3.63) is 30.0 Å². The van der Waals surface area contributed by atoms with E-state index in [1.807, 2.05) is 24.3 Å². The van der Waals surface area contributed by atoms with Crippen LogP contribution in [-0.4, -0.2) is 47.4 Å². The summed E-state index contributed by atoms with van der Waals surface area (Å²) in [7, 11) is 0. The van der Waals surface area contributed by atoms with Gasteiger partial charge in [0.2, 0.25) is 0 Å². The lowest BCUT2D eigenvalue weighted by Gasteiger charge is -2.32. The topological polar surface area (TPSA) is 79.0 Å². The van der Waals surface area contributed by atoms with E-state index in [0.29, 0.717) is 12.3 Å². The van der Waals surface area contributed by atoms with Crippen molar-refractivity contribution < 1.29 is 9.53 Å². The summed E-state index contributed by atoms with van der Waals surface area (Å²) in [5, 5.41) is 14.3. The van der Waals surface area contributed by atoms with Crippen LogP contribution < -0.4 is 10.6 Å². The third-order valence-electron chi connectivity index (χ3n) is 4.74. The summed E-state index contributed by atoms with van der Waals surface area (Å²) in [6.45, 7) is 2.57. The number of fused-ring (bicyclic) bond motifs is 1. The van der Waals surface area contributed by atoms with Crippen molar-refractivity contribution in [3.63, 3.8) is 0 Å². The molecule has 3 heterocycles. The summed E-state index contributed by atoms with van der Waals surface area (Å²) in [6.07, 6.45) is 2.93. The van der Waals surface area contributed by atoms with Crippen LogP contribution in [0.3, 0.4) is 0 Å². The fourth-order valence-electron chi connectivity index (χ4n) is 3.56. The second kappa shape index (κ2) is 5.37. The predicted molar refractivity (Wildman–Crippen MR) is 82.8 cm³/mol. The molecule has 22 heavy (non-hydrogen) atoms. The number of rotatable bonds is 2. The molecule has 6 heteroatoms. The average Bonchev–Trinajstić information content (AvgIpc) is 3.13. The molecule has 0 unspecified atom stereocenters. The minimum absolute atomic E-state index is 0.0448. The zero-order valence-electron chi connectivity index (χ0n) is 12.4. The molecule has 2 aromatic rings. The highest BCUT2D eigenvalue weighted by Gasteiger charge is 2.41. The molecular formula is C16H20N4O2. The molecule has 4 rings (SSSR count). The molecule has 1 spiro atoms. The van der Waals surface area contributed by atoms with Crippen LogP contribution in [0.4, 0.5) is 0 Å². The Morgan fingerprint density at radius 1 is 1.32 bits per heavy atom. The fourth-order valence-corrected chi connectivity index (χ4v) is 3.56. The van der Waals surface area contributed by atoms with Crippen molar-refractivity contribution in [1.82, 2.24) is 20.8 Å². The molecule has 6 nitrogen and oxygen atoms in total. The van der Waals surface area contributed by atoms with Crippen molar-refractivity contribution in [2.45, 2.75) is 30.9 Å². The Morgan fingerprint density at radius 2 is 2.14 bits per heavy atom. The number of nitrogens with zero attached hydrogens (tertiary/aromatic N) is 1. The second-order valence-corrected chi connectivity index (χ2v) is 6.24. The monoisotopic (exact) mass is 300 g/mol. The van der Waals surface area contributed by atoms with Gasteiger partial charge in [0.15, 0.2) is 5.69 Å². The number of aromatic nitrogens is 2. The van der Waals surface area contributed by atoms with Crippen molar-refractivity contribution in [2.75, 3.05) is 19.7 Å². The van der Waals surface area contributed by atoms with Crippen LogP contribution in [-0.2, 0) is 4.74 Å². The van der Waals surface area contributed by atoms with E-state index in [1.54, 1.807) is 0 Å². The van der Waals surface area contributed by atoms with Gasteiger partial charge in [-0.2, -0.15) is 5.10 Å². The summed E-state index contributed by atoms with van der Waals surface area (Å²) in [5.41, 5.74) is 1.30. The normalized spacial score (nSPS) is 23.9. The summed E-state index contributed by atoms with van der Waals surface area (Å²) >= 11 is 0. The highest BCUT2D eigenvalue weighted by Crippen LogP contribution is 2.34. The van der Waals surface area contributed by atoms with E-state index in [2.05, 4.69) is 20.8 Å². The van der Waals surface area contributed by atoms with Crippen LogP contribution in [0.2, 0.25) is 0 Å². The number of amides is 1. The first-order chi connectivity index (χ1) is 10.8. The minimum atomic E-state index is -0.128. The lowest BCUT2D eigenvalue weighted by atomic mass is 9.88. The Kier molecular flexibility index (Phi) is 3.35. The van der Waals surface area contributed by atoms with E-state index in [4.69, 9.17) is 4.74 Å². The Hall–Kier alpha value is -1.92. The van der Waals surface area contributed by atoms with Gasteiger partial charge in [-0.1, -0.05) is 18.2 Å². The number of H-pyrrole nitrogens is 1. The van der Waals surface area contributed by atoms with Crippen molar-refractivity contribution in [2.24, 2.45) is 0 Å². The van der Waals surface area contributed by atoms with Crippen LogP contribution in [0.15, 0.2) is 24.3 Å². The van der Waals surface area contributed by atoms with Gasteiger partial charge in [-0.05, 0) is 38.4 Å².